The van der Waals surface area contributed by atoms with Gasteiger partial charge >= 0.3 is 0 Å². The Bertz CT molecular complexity index is 127. The molecule has 1 heteroatoms. The molecule has 2 fully saturated rings. The number of alkyl halides is 1. The summed E-state index contributed by atoms with van der Waals surface area (Å²) in [5.74, 6) is 3.38. The highest BCUT2D eigenvalue weighted by Crippen LogP contribution is 2.46. The molecule has 2 aliphatic rings. The summed E-state index contributed by atoms with van der Waals surface area (Å²) in [5.41, 5.74) is 0. The van der Waals surface area contributed by atoms with Crippen molar-refractivity contribution in [3.63, 3.8) is 0 Å². The van der Waals surface area contributed by atoms with Crippen molar-refractivity contribution in [1.82, 2.24) is 0 Å². The fourth-order valence-electron chi connectivity index (χ4n) is 3.05. The fourth-order valence-corrected chi connectivity index (χ4v) is 4.14. The van der Waals surface area contributed by atoms with Crippen molar-refractivity contribution >= 4 is 22.6 Å². The number of rotatable bonds is 1. The van der Waals surface area contributed by atoms with E-state index in [0.717, 1.165) is 17.8 Å². The molecule has 0 nitrogen and oxygen atoms in total. The van der Waals surface area contributed by atoms with Crippen LogP contribution in [0.2, 0.25) is 0 Å². The van der Waals surface area contributed by atoms with E-state index in [1.165, 1.54) is 23.7 Å². The van der Waals surface area contributed by atoms with E-state index in [1.54, 1.807) is 19.3 Å². The maximum atomic E-state index is 2.58. The SMILES string of the molecule is ICC1CCC2CCCCC12. The molecule has 0 aromatic heterocycles. The van der Waals surface area contributed by atoms with Crippen LogP contribution in [0.1, 0.15) is 38.5 Å². The smallest absolute Gasteiger partial charge is 0.00264 e. The third-order valence-corrected chi connectivity index (χ3v) is 4.81. The first-order chi connectivity index (χ1) is 5.42. The molecule has 2 saturated carbocycles. The van der Waals surface area contributed by atoms with Gasteiger partial charge in [-0.2, -0.15) is 0 Å². The molecule has 0 aliphatic heterocycles. The van der Waals surface area contributed by atoms with Crippen LogP contribution in [0, 0.1) is 17.8 Å². The van der Waals surface area contributed by atoms with Gasteiger partial charge < -0.3 is 0 Å². The van der Waals surface area contributed by atoms with Crippen molar-refractivity contribution in [2.45, 2.75) is 38.5 Å². The zero-order valence-corrected chi connectivity index (χ0v) is 9.22. The van der Waals surface area contributed by atoms with Gasteiger partial charge in [-0.1, -0.05) is 41.9 Å². The van der Waals surface area contributed by atoms with Gasteiger partial charge in [-0.3, -0.25) is 0 Å². The quantitative estimate of drug-likeness (QED) is 0.501. The van der Waals surface area contributed by atoms with Gasteiger partial charge in [-0.25, -0.2) is 0 Å². The van der Waals surface area contributed by atoms with E-state index in [4.69, 9.17) is 0 Å². The standard InChI is InChI=1S/C10H17I/c11-7-9-6-5-8-3-1-2-4-10(8)9/h8-10H,1-7H2. The van der Waals surface area contributed by atoms with Gasteiger partial charge in [0.2, 0.25) is 0 Å². The highest BCUT2D eigenvalue weighted by atomic mass is 127. The van der Waals surface area contributed by atoms with Crippen LogP contribution in [0.5, 0.6) is 0 Å². The third kappa shape index (κ3) is 1.58. The Kier molecular flexibility index (Phi) is 2.75. The molecule has 3 atom stereocenters. The van der Waals surface area contributed by atoms with E-state index in [-0.39, 0.29) is 0 Å². The monoisotopic (exact) mass is 264 g/mol. The summed E-state index contributed by atoms with van der Waals surface area (Å²) < 4.78 is 1.42. The Hall–Kier alpha value is 0.730. The molecule has 0 radical (unpaired) electrons. The van der Waals surface area contributed by atoms with E-state index < -0.39 is 0 Å². The molecule has 0 spiro atoms. The topological polar surface area (TPSA) is 0 Å². The zero-order valence-electron chi connectivity index (χ0n) is 7.06. The lowest BCUT2D eigenvalue weighted by Gasteiger charge is -2.28. The normalized spacial score (nSPS) is 43.9. The average molecular weight is 264 g/mol. The third-order valence-electron chi connectivity index (χ3n) is 3.68. The minimum Gasteiger partial charge on any atom is -0.0861 e. The molecule has 0 N–H and O–H groups in total. The highest BCUT2D eigenvalue weighted by molar-refractivity contribution is 14.1. The van der Waals surface area contributed by atoms with E-state index >= 15 is 0 Å². The predicted octanol–water partition coefficient (Wildman–Crippen LogP) is 3.64. The predicted molar refractivity (Wildman–Crippen MR) is 57.1 cm³/mol. The molecule has 11 heavy (non-hydrogen) atoms. The van der Waals surface area contributed by atoms with Crippen LogP contribution in [-0.4, -0.2) is 4.43 Å². The molecule has 0 aromatic carbocycles. The first kappa shape index (κ1) is 8.33. The number of fused-ring (bicyclic) bond motifs is 1. The van der Waals surface area contributed by atoms with Crippen molar-refractivity contribution in [3.8, 4) is 0 Å². The van der Waals surface area contributed by atoms with Gasteiger partial charge in [-0.15, -0.1) is 0 Å². The Morgan fingerprint density at radius 3 is 2.64 bits per heavy atom. The van der Waals surface area contributed by atoms with Crippen LogP contribution >= 0.6 is 22.6 Å². The van der Waals surface area contributed by atoms with Gasteiger partial charge in [-0.05, 0) is 37.0 Å². The van der Waals surface area contributed by atoms with E-state index in [1.807, 2.05) is 0 Å². The lowest BCUT2D eigenvalue weighted by atomic mass is 9.79. The summed E-state index contributed by atoms with van der Waals surface area (Å²) in [5, 5.41) is 0. The molecule has 0 aromatic rings. The number of hydrogen-bond donors (Lipinski definition) is 0. The van der Waals surface area contributed by atoms with Gasteiger partial charge in [0.25, 0.3) is 0 Å². The maximum Gasteiger partial charge on any atom is 0.00264 e. The van der Waals surface area contributed by atoms with E-state index in [9.17, 15) is 0 Å². The second-order valence-corrected chi connectivity index (χ2v) is 5.08. The largest absolute Gasteiger partial charge is 0.0861 e. The molecule has 64 valence electrons. The molecule has 2 rings (SSSR count). The zero-order chi connectivity index (χ0) is 7.68. The van der Waals surface area contributed by atoms with Crippen LogP contribution in [0.4, 0.5) is 0 Å². The van der Waals surface area contributed by atoms with Crippen molar-refractivity contribution < 1.29 is 0 Å². The minimum absolute atomic E-state index is 1.10. The van der Waals surface area contributed by atoms with Crippen molar-refractivity contribution in [2.24, 2.45) is 17.8 Å². The van der Waals surface area contributed by atoms with Crippen LogP contribution in [0.3, 0.4) is 0 Å². The molecule has 0 bridgehead atoms. The summed E-state index contributed by atoms with van der Waals surface area (Å²) >= 11 is 2.58. The Morgan fingerprint density at radius 2 is 1.82 bits per heavy atom. The lowest BCUT2D eigenvalue weighted by Crippen LogP contribution is -2.19. The minimum atomic E-state index is 1.10. The molecule has 3 unspecified atom stereocenters. The average Bonchev–Trinajstić information content (AvgIpc) is 2.47. The van der Waals surface area contributed by atoms with Gasteiger partial charge in [0, 0.05) is 4.43 Å². The Morgan fingerprint density at radius 1 is 1.00 bits per heavy atom. The number of halogens is 1. The summed E-state index contributed by atoms with van der Waals surface area (Å²) in [6.45, 7) is 0. The Balaban J connectivity index is 1.98. The van der Waals surface area contributed by atoms with Crippen LogP contribution < -0.4 is 0 Å². The van der Waals surface area contributed by atoms with Crippen LogP contribution in [0.25, 0.3) is 0 Å². The fraction of sp³-hybridized carbons (Fsp3) is 1.00. The van der Waals surface area contributed by atoms with Gasteiger partial charge in [0.15, 0.2) is 0 Å². The summed E-state index contributed by atoms with van der Waals surface area (Å²) in [6.07, 6.45) is 9.25. The lowest BCUT2D eigenvalue weighted by molar-refractivity contribution is 0.241. The molecule has 0 amide bonds. The molecule has 0 heterocycles. The maximum absolute atomic E-state index is 2.58. The molecule has 2 aliphatic carbocycles. The van der Waals surface area contributed by atoms with Crippen molar-refractivity contribution in [2.75, 3.05) is 4.43 Å². The van der Waals surface area contributed by atoms with E-state index in [0.29, 0.717) is 0 Å². The first-order valence-electron chi connectivity index (χ1n) is 4.98. The highest BCUT2D eigenvalue weighted by Gasteiger charge is 2.36. The van der Waals surface area contributed by atoms with Gasteiger partial charge in [0.1, 0.15) is 0 Å². The second-order valence-electron chi connectivity index (χ2n) is 4.20. The van der Waals surface area contributed by atoms with E-state index in [2.05, 4.69) is 22.6 Å². The van der Waals surface area contributed by atoms with Gasteiger partial charge in [0.05, 0.1) is 0 Å². The molecular formula is C10H17I. The summed E-state index contributed by atoms with van der Waals surface area (Å²) in [6, 6.07) is 0. The summed E-state index contributed by atoms with van der Waals surface area (Å²) in [4.78, 5) is 0. The molecular weight excluding hydrogens is 247 g/mol. The second kappa shape index (κ2) is 3.63. The summed E-state index contributed by atoms with van der Waals surface area (Å²) in [7, 11) is 0. The number of hydrogen-bond acceptors (Lipinski definition) is 0. The van der Waals surface area contributed by atoms with Crippen molar-refractivity contribution in [1.29, 1.82) is 0 Å². The molecule has 0 saturated heterocycles. The van der Waals surface area contributed by atoms with Crippen LogP contribution in [-0.2, 0) is 0 Å². The van der Waals surface area contributed by atoms with Crippen molar-refractivity contribution in [3.05, 3.63) is 0 Å². The first-order valence-corrected chi connectivity index (χ1v) is 6.50. The van der Waals surface area contributed by atoms with Crippen LogP contribution in [0.15, 0.2) is 0 Å². The Labute approximate surface area is 83.3 Å².